The Hall–Kier alpha value is -1.51. The Labute approximate surface area is 266 Å². The summed E-state index contributed by atoms with van der Waals surface area (Å²) in [6.45, 7) is 3.72. The number of unbranched alkanes of at least 4 members (excludes halogenated alkanes) is 15. The number of thioether (sulfide) groups is 1. The highest BCUT2D eigenvalue weighted by Gasteiger charge is 2.17. The van der Waals surface area contributed by atoms with Crippen molar-refractivity contribution in [2.45, 2.75) is 122 Å². The van der Waals surface area contributed by atoms with Crippen LogP contribution in [-0.2, 0) is 20.5 Å². The molecule has 1 aromatic rings. The van der Waals surface area contributed by atoms with Crippen LogP contribution < -0.4 is 9.84 Å². The summed E-state index contributed by atoms with van der Waals surface area (Å²) in [5.41, 5.74) is 1.09. The van der Waals surface area contributed by atoms with E-state index in [1.54, 1.807) is 17.8 Å². The van der Waals surface area contributed by atoms with Gasteiger partial charge in [0.2, 0.25) is 0 Å². The van der Waals surface area contributed by atoms with E-state index in [9.17, 15) is 9.69 Å². The van der Waals surface area contributed by atoms with Crippen molar-refractivity contribution < 1.29 is 28.2 Å². The Morgan fingerprint density at radius 3 is 2.16 bits per heavy atom. The van der Waals surface area contributed by atoms with Crippen LogP contribution >= 0.6 is 20.4 Å². The number of benzene rings is 1. The van der Waals surface area contributed by atoms with Crippen molar-refractivity contribution in [2.24, 2.45) is 0 Å². The minimum absolute atomic E-state index is 0.0291. The van der Waals surface area contributed by atoms with Gasteiger partial charge in [0.1, 0.15) is 18.5 Å². The maximum Gasteiger partial charge on any atom is 0.407 e. The summed E-state index contributed by atoms with van der Waals surface area (Å²) in [7, 11) is -0.629. The molecule has 1 aliphatic rings. The van der Waals surface area contributed by atoms with Gasteiger partial charge in [-0.2, -0.15) is 0 Å². The molecule has 0 radical (unpaired) electrons. The molecule has 2 N–H and O–H groups in total. The third-order valence-corrected chi connectivity index (χ3v) is 9.01. The highest BCUT2D eigenvalue weighted by atomic mass is 32.2. The molecule has 0 aromatic heterocycles. The van der Waals surface area contributed by atoms with Crippen molar-refractivity contribution in [1.82, 2.24) is 10.2 Å². The van der Waals surface area contributed by atoms with E-state index < -0.39 is 20.8 Å². The van der Waals surface area contributed by atoms with E-state index >= 15 is 0 Å². The monoisotopic (exact) mass is 640 g/mol. The highest BCUT2D eigenvalue weighted by Crippen LogP contribution is 2.35. The molecule has 0 saturated heterocycles. The molecule has 0 spiro atoms. The van der Waals surface area contributed by atoms with Gasteiger partial charge >= 0.3 is 14.7 Å². The minimum atomic E-state index is -2.14. The summed E-state index contributed by atoms with van der Waals surface area (Å²) in [5, 5.41) is 4.88. The summed E-state index contributed by atoms with van der Waals surface area (Å²) in [4.78, 5) is 24.5. The van der Waals surface area contributed by atoms with Gasteiger partial charge in [0.05, 0.1) is 12.5 Å². The SMILES string of the molecule is CCCCCCCCCCCCCCCCCCNC(=O)OCC(COP(O)Oc1cccc(CN2C=CSC2)c1)OC. The zero-order valence-corrected chi connectivity index (χ0v) is 28.4. The molecular weight excluding hydrogens is 583 g/mol. The molecule has 2 unspecified atom stereocenters. The molecule has 0 aliphatic carbocycles. The molecule has 1 aliphatic heterocycles. The van der Waals surface area contributed by atoms with Crippen molar-refractivity contribution in [1.29, 1.82) is 0 Å². The smallest absolute Gasteiger partial charge is 0.407 e. The second kappa shape index (κ2) is 25.8. The number of hydrogen-bond donors (Lipinski definition) is 2. The van der Waals surface area contributed by atoms with Crippen LogP contribution in [0.2, 0.25) is 0 Å². The highest BCUT2D eigenvalue weighted by molar-refractivity contribution is 8.02. The van der Waals surface area contributed by atoms with Gasteiger partial charge in [-0.15, -0.1) is 11.8 Å². The molecule has 0 bridgehead atoms. The van der Waals surface area contributed by atoms with Gasteiger partial charge in [-0.1, -0.05) is 115 Å². The van der Waals surface area contributed by atoms with E-state index in [0.717, 1.165) is 30.8 Å². The Morgan fingerprint density at radius 2 is 1.58 bits per heavy atom. The number of carbonyl (C=O) groups excluding carboxylic acids is 1. The zero-order valence-electron chi connectivity index (χ0n) is 26.7. The molecule has 2 atom stereocenters. The van der Waals surface area contributed by atoms with Gasteiger partial charge in [-0.05, 0) is 29.5 Å². The number of rotatable bonds is 27. The van der Waals surface area contributed by atoms with Crippen LogP contribution in [0, 0.1) is 0 Å². The van der Waals surface area contributed by atoms with Crippen LogP contribution in [0.3, 0.4) is 0 Å². The first kappa shape index (κ1) is 37.7. The molecule has 246 valence electrons. The number of alkyl carbamates (subject to hydrolysis) is 1. The summed E-state index contributed by atoms with van der Waals surface area (Å²) in [6.07, 6.45) is 22.3. The molecule has 2 rings (SSSR count). The maximum atomic E-state index is 12.1. The van der Waals surface area contributed by atoms with E-state index in [2.05, 4.69) is 28.7 Å². The average molecular weight is 641 g/mol. The van der Waals surface area contributed by atoms with Gasteiger partial charge < -0.3 is 29.1 Å². The molecule has 8 nitrogen and oxygen atoms in total. The van der Waals surface area contributed by atoms with E-state index in [1.807, 2.05) is 18.2 Å². The fraction of sp³-hybridized carbons (Fsp3) is 0.727. The second-order valence-corrected chi connectivity index (χ2v) is 13.1. The van der Waals surface area contributed by atoms with Crippen molar-refractivity contribution in [3.63, 3.8) is 0 Å². The molecule has 1 aromatic carbocycles. The lowest BCUT2D eigenvalue weighted by Crippen LogP contribution is -2.31. The third kappa shape index (κ3) is 20.2. The summed E-state index contributed by atoms with van der Waals surface area (Å²) in [5.74, 6) is 1.47. The lowest BCUT2D eigenvalue weighted by atomic mass is 10.0. The molecule has 43 heavy (non-hydrogen) atoms. The van der Waals surface area contributed by atoms with Crippen molar-refractivity contribution >= 4 is 26.5 Å². The Bertz CT molecular complexity index is 864. The van der Waals surface area contributed by atoms with Gasteiger partial charge in [0.15, 0.2) is 0 Å². The van der Waals surface area contributed by atoms with Crippen LogP contribution in [-0.4, -0.2) is 54.7 Å². The van der Waals surface area contributed by atoms with Crippen LogP contribution in [0.15, 0.2) is 35.9 Å². The summed E-state index contributed by atoms with van der Waals surface area (Å²) in [6, 6.07) is 7.60. The van der Waals surface area contributed by atoms with E-state index in [-0.39, 0.29) is 13.2 Å². The molecular formula is C33H57N2O6PS. The molecule has 1 heterocycles. The van der Waals surface area contributed by atoms with E-state index in [0.29, 0.717) is 12.3 Å². The fourth-order valence-corrected chi connectivity index (χ4v) is 6.23. The summed E-state index contributed by atoms with van der Waals surface area (Å²) >= 11 is 1.76. The average Bonchev–Trinajstić information content (AvgIpc) is 3.52. The van der Waals surface area contributed by atoms with Gasteiger partial charge in [0, 0.05) is 26.4 Å². The van der Waals surface area contributed by atoms with Gasteiger partial charge in [0.25, 0.3) is 0 Å². The first-order valence-corrected chi connectivity index (χ1v) is 18.6. The molecule has 0 fully saturated rings. The quantitative estimate of drug-likeness (QED) is 0.0727. The van der Waals surface area contributed by atoms with E-state index in [1.165, 1.54) is 97.0 Å². The minimum Gasteiger partial charge on any atom is -0.447 e. The predicted octanol–water partition coefficient (Wildman–Crippen LogP) is 9.28. The van der Waals surface area contributed by atoms with Crippen molar-refractivity contribution in [2.75, 3.05) is 32.7 Å². The van der Waals surface area contributed by atoms with Gasteiger partial charge in [-0.3, -0.25) is 4.52 Å². The Kier molecular flexibility index (Phi) is 22.6. The number of ether oxygens (including phenoxy) is 2. The number of nitrogens with zero attached hydrogens (tertiary/aromatic N) is 1. The second-order valence-electron chi connectivity index (χ2n) is 11.3. The van der Waals surface area contributed by atoms with Crippen LogP contribution in [0.1, 0.15) is 115 Å². The van der Waals surface area contributed by atoms with Crippen molar-refractivity contribution in [3.05, 3.63) is 41.4 Å². The predicted molar refractivity (Wildman–Crippen MR) is 179 cm³/mol. The normalized spacial score (nSPS) is 14.2. The Balaban J connectivity index is 1.40. The van der Waals surface area contributed by atoms with Gasteiger partial charge in [-0.25, -0.2) is 4.79 Å². The van der Waals surface area contributed by atoms with E-state index in [4.69, 9.17) is 18.5 Å². The van der Waals surface area contributed by atoms with Crippen LogP contribution in [0.25, 0.3) is 0 Å². The topological polar surface area (TPSA) is 89.5 Å². The van der Waals surface area contributed by atoms with Crippen LogP contribution in [0.5, 0.6) is 5.75 Å². The number of nitrogens with one attached hydrogen (secondary N) is 1. The standard InChI is InChI=1S/C33H57N2O6PS/c1-3-4-5-6-7-8-9-10-11-12-13-14-15-16-17-18-22-34-33(36)39-27-32(38-2)28-40-42(37)41-31-21-19-20-30(25-31)26-35-23-24-43-29-35/h19-21,23-25,32,37H,3-18,22,26-29H2,1-2H3,(H,34,36). The summed E-state index contributed by atoms with van der Waals surface area (Å²) < 4.78 is 21.6. The lowest BCUT2D eigenvalue weighted by Gasteiger charge is -2.18. The number of carbonyl (C=O) groups is 1. The first-order valence-electron chi connectivity index (χ1n) is 16.4. The van der Waals surface area contributed by atoms with Crippen LogP contribution in [0.4, 0.5) is 4.79 Å². The molecule has 10 heteroatoms. The number of amides is 1. The largest absolute Gasteiger partial charge is 0.447 e. The van der Waals surface area contributed by atoms with Crippen molar-refractivity contribution in [3.8, 4) is 5.75 Å². The fourth-order valence-electron chi connectivity index (χ4n) is 4.88. The Morgan fingerprint density at radius 1 is 0.953 bits per heavy atom. The lowest BCUT2D eigenvalue weighted by molar-refractivity contribution is 0.00598. The number of methoxy groups -OCH3 is 1. The zero-order chi connectivity index (χ0) is 30.8. The molecule has 1 amide bonds. The third-order valence-electron chi connectivity index (χ3n) is 7.48. The molecule has 0 saturated carbocycles. The number of hydrogen-bond acceptors (Lipinski definition) is 8. The first-order chi connectivity index (χ1) is 21.1. The maximum absolute atomic E-state index is 12.1.